The predicted molar refractivity (Wildman–Crippen MR) is 89.3 cm³/mol. The summed E-state index contributed by atoms with van der Waals surface area (Å²) in [7, 11) is 0. The molecule has 0 amide bonds. The molecular weight excluding hydrogens is 258 g/mol. The number of nitrogens with two attached hydrogens (primary N) is 1. The van der Waals surface area contributed by atoms with Crippen molar-refractivity contribution >= 4 is 17.1 Å². The molecule has 2 N–H and O–H groups in total. The Morgan fingerprint density at radius 3 is 1.90 bits per heavy atom. The minimum Gasteiger partial charge on any atom is -0.399 e. The van der Waals surface area contributed by atoms with E-state index in [2.05, 4.69) is 29.3 Å². The van der Waals surface area contributed by atoms with Gasteiger partial charge in [0.25, 0.3) is 0 Å². The molecule has 0 unspecified atom stereocenters. The first-order chi connectivity index (χ1) is 10.3. The fourth-order valence-electron chi connectivity index (χ4n) is 2.14. The molecule has 0 saturated carbocycles. The maximum atomic E-state index is 5.64. The largest absolute Gasteiger partial charge is 0.399 e. The van der Waals surface area contributed by atoms with Crippen molar-refractivity contribution in [3.05, 3.63) is 54.1 Å². The Morgan fingerprint density at radius 1 is 0.762 bits per heavy atom. The van der Waals surface area contributed by atoms with Crippen molar-refractivity contribution in [3.63, 3.8) is 0 Å². The van der Waals surface area contributed by atoms with Crippen molar-refractivity contribution in [1.29, 1.82) is 0 Å². The number of benzene rings is 2. The molecule has 2 aromatic rings. The summed E-state index contributed by atoms with van der Waals surface area (Å²) < 4.78 is 0. The molecule has 0 aliphatic carbocycles. The van der Waals surface area contributed by atoms with Crippen LogP contribution in [-0.4, -0.2) is 0 Å². The fraction of sp³-hybridized carbons (Fsp3) is 0.333. The Hall–Kier alpha value is -2.16. The average Bonchev–Trinajstić information content (AvgIpc) is 2.52. The molecule has 2 rings (SSSR count). The van der Waals surface area contributed by atoms with Gasteiger partial charge in [-0.2, -0.15) is 10.2 Å². The molecule has 0 fully saturated rings. The van der Waals surface area contributed by atoms with E-state index in [1.807, 2.05) is 36.4 Å². The quantitative estimate of drug-likeness (QED) is 0.389. The van der Waals surface area contributed by atoms with Crippen LogP contribution < -0.4 is 5.73 Å². The molecule has 0 aromatic heterocycles. The second kappa shape index (κ2) is 8.20. The summed E-state index contributed by atoms with van der Waals surface area (Å²) >= 11 is 0. The van der Waals surface area contributed by atoms with Crippen molar-refractivity contribution in [1.82, 2.24) is 0 Å². The zero-order valence-corrected chi connectivity index (χ0v) is 12.6. The first kappa shape index (κ1) is 15.2. The van der Waals surface area contributed by atoms with Gasteiger partial charge in [-0.3, -0.25) is 0 Å². The first-order valence-corrected chi connectivity index (χ1v) is 7.64. The van der Waals surface area contributed by atoms with Crippen LogP contribution in [0.5, 0.6) is 0 Å². The Labute approximate surface area is 126 Å². The van der Waals surface area contributed by atoms with Crippen molar-refractivity contribution < 1.29 is 0 Å². The van der Waals surface area contributed by atoms with Gasteiger partial charge in [0.2, 0.25) is 0 Å². The zero-order valence-electron chi connectivity index (χ0n) is 12.6. The Bertz CT molecular complexity index is 556. The first-order valence-electron chi connectivity index (χ1n) is 7.64. The molecule has 0 aliphatic heterocycles. The van der Waals surface area contributed by atoms with E-state index in [-0.39, 0.29) is 0 Å². The molecule has 0 saturated heterocycles. The van der Waals surface area contributed by atoms with E-state index < -0.39 is 0 Å². The molecule has 0 radical (unpaired) electrons. The minimum atomic E-state index is 0.737. The van der Waals surface area contributed by atoms with Crippen LogP contribution in [0.1, 0.15) is 38.2 Å². The molecule has 0 heterocycles. The highest BCUT2D eigenvalue weighted by Gasteiger charge is 1.95. The van der Waals surface area contributed by atoms with Gasteiger partial charge in [0.1, 0.15) is 0 Å². The van der Waals surface area contributed by atoms with E-state index in [4.69, 9.17) is 5.73 Å². The molecule has 0 aliphatic rings. The van der Waals surface area contributed by atoms with Gasteiger partial charge < -0.3 is 5.73 Å². The summed E-state index contributed by atoms with van der Waals surface area (Å²) in [5, 5.41) is 8.44. The monoisotopic (exact) mass is 281 g/mol. The number of hydrogen-bond acceptors (Lipinski definition) is 3. The summed E-state index contributed by atoms with van der Waals surface area (Å²) in [6.45, 7) is 2.24. The number of nitrogens with zero attached hydrogens (tertiary/aromatic N) is 2. The second-order valence-electron chi connectivity index (χ2n) is 5.27. The van der Waals surface area contributed by atoms with Gasteiger partial charge in [-0.1, -0.05) is 38.3 Å². The van der Waals surface area contributed by atoms with Gasteiger partial charge in [0, 0.05) is 5.69 Å². The van der Waals surface area contributed by atoms with Crippen LogP contribution in [0.3, 0.4) is 0 Å². The summed E-state index contributed by atoms with van der Waals surface area (Å²) in [5.41, 5.74) is 9.44. The lowest BCUT2D eigenvalue weighted by Crippen LogP contribution is -1.84. The van der Waals surface area contributed by atoms with Crippen LogP contribution >= 0.6 is 0 Å². The number of azo groups is 1. The zero-order chi connectivity index (χ0) is 14.9. The Kier molecular flexibility index (Phi) is 5.95. The van der Waals surface area contributed by atoms with Crippen LogP contribution in [0, 0.1) is 0 Å². The van der Waals surface area contributed by atoms with Crippen LogP contribution in [0.25, 0.3) is 0 Å². The van der Waals surface area contributed by atoms with E-state index in [1.165, 1.54) is 31.2 Å². The van der Waals surface area contributed by atoms with E-state index in [0.717, 1.165) is 23.5 Å². The number of unbranched alkanes of at least 4 members (excludes halogenated alkanes) is 3. The van der Waals surface area contributed by atoms with Crippen molar-refractivity contribution in [2.75, 3.05) is 5.73 Å². The number of nitrogen functional groups attached to an aromatic ring is 1. The van der Waals surface area contributed by atoms with E-state index >= 15 is 0 Å². The molecule has 0 atom stereocenters. The van der Waals surface area contributed by atoms with Crippen LogP contribution in [0.15, 0.2) is 58.8 Å². The van der Waals surface area contributed by atoms with Crippen molar-refractivity contribution in [2.45, 2.75) is 39.0 Å². The van der Waals surface area contributed by atoms with Crippen molar-refractivity contribution in [3.8, 4) is 0 Å². The highest BCUT2D eigenvalue weighted by atomic mass is 15.1. The molecule has 21 heavy (non-hydrogen) atoms. The number of aryl methyl sites for hydroxylation is 1. The molecule has 3 nitrogen and oxygen atoms in total. The summed E-state index contributed by atoms with van der Waals surface area (Å²) in [5.74, 6) is 0. The lowest BCUT2D eigenvalue weighted by Gasteiger charge is -2.01. The summed E-state index contributed by atoms with van der Waals surface area (Å²) in [6.07, 6.45) is 6.34. The third-order valence-corrected chi connectivity index (χ3v) is 3.43. The number of anilines is 1. The predicted octanol–water partition coefficient (Wildman–Crippen LogP) is 5.81. The SMILES string of the molecule is CCCCCCc1ccc(N=Nc2ccc(N)cc2)cc1. The maximum absolute atomic E-state index is 5.64. The Morgan fingerprint density at radius 2 is 1.33 bits per heavy atom. The lowest BCUT2D eigenvalue weighted by atomic mass is 10.1. The van der Waals surface area contributed by atoms with Gasteiger partial charge in [0.15, 0.2) is 0 Å². The third-order valence-electron chi connectivity index (χ3n) is 3.43. The molecule has 3 heteroatoms. The normalized spacial score (nSPS) is 11.1. The molecule has 110 valence electrons. The van der Waals surface area contributed by atoms with Gasteiger partial charge in [-0.15, -0.1) is 0 Å². The van der Waals surface area contributed by atoms with E-state index in [1.54, 1.807) is 0 Å². The van der Waals surface area contributed by atoms with E-state index in [9.17, 15) is 0 Å². The smallest absolute Gasteiger partial charge is 0.0858 e. The van der Waals surface area contributed by atoms with Crippen LogP contribution in [-0.2, 0) is 6.42 Å². The average molecular weight is 281 g/mol. The van der Waals surface area contributed by atoms with Gasteiger partial charge in [0.05, 0.1) is 11.4 Å². The second-order valence-corrected chi connectivity index (χ2v) is 5.27. The highest BCUT2D eigenvalue weighted by molar-refractivity contribution is 5.48. The van der Waals surface area contributed by atoms with E-state index in [0.29, 0.717) is 0 Å². The topological polar surface area (TPSA) is 50.7 Å². The standard InChI is InChI=1S/C18H23N3/c1-2-3-4-5-6-15-7-11-17(12-8-15)20-21-18-13-9-16(19)10-14-18/h7-14H,2-6,19H2,1H3. The van der Waals surface area contributed by atoms with Gasteiger partial charge in [-0.05, 0) is 54.8 Å². The number of hydrogen-bond donors (Lipinski definition) is 1. The molecule has 0 bridgehead atoms. The minimum absolute atomic E-state index is 0.737. The van der Waals surface area contributed by atoms with Gasteiger partial charge >= 0.3 is 0 Å². The molecular formula is C18H23N3. The number of rotatable bonds is 7. The van der Waals surface area contributed by atoms with Gasteiger partial charge in [-0.25, -0.2) is 0 Å². The Balaban J connectivity index is 1.88. The summed E-state index contributed by atoms with van der Waals surface area (Å²) in [6, 6.07) is 15.7. The van der Waals surface area contributed by atoms with Crippen LogP contribution in [0.4, 0.5) is 17.1 Å². The summed E-state index contributed by atoms with van der Waals surface area (Å²) in [4.78, 5) is 0. The fourth-order valence-corrected chi connectivity index (χ4v) is 2.14. The molecule has 2 aromatic carbocycles. The molecule has 0 spiro atoms. The highest BCUT2D eigenvalue weighted by Crippen LogP contribution is 2.20. The third kappa shape index (κ3) is 5.38. The maximum Gasteiger partial charge on any atom is 0.0858 e. The van der Waals surface area contributed by atoms with Crippen molar-refractivity contribution in [2.24, 2.45) is 10.2 Å². The van der Waals surface area contributed by atoms with Crippen LogP contribution in [0.2, 0.25) is 0 Å². The lowest BCUT2D eigenvalue weighted by molar-refractivity contribution is 0.667.